The van der Waals surface area contributed by atoms with Crippen LogP contribution in [0.3, 0.4) is 0 Å². The van der Waals surface area contributed by atoms with Crippen molar-refractivity contribution in [2.24, 2.45) is 5.10 Å². The van der Waals surface area contributed by atoms with Gasteiger partial charge >= 0.3 is 0 Å². The highest BCUT2D eigenvalue weighted by Gasteiger charge is 2.29. The Morgan fingerprint density at radius 1 is 1.23 bits per heavy atom. The van der Waals surface area contributed by atoms with Crippen LogP contribution < -0.4 is 23.9 Å². The molecule has 1 aliphatic heterocycles. The van der Waals surface area contributed by atoms with Gasteiger partial charge in [0.1, 0.15) is 25.0 Å². The van der Waals surface area contributed by atoms with E-state index in [4.69, 9.17) is 14.2 Å². The fourth-order valence-electron chi connectivity index (χ4n) is 3.12. The van der Waals surface area contributed by atoms with Crippen LogP contribution in [0.1, 0.15) is 19.4 Å². The number of benzene rings is 2. The lowest BCUT2D eigenvalue weighted by Gasteiger charge is -2.27. The van der Waals surface area contributed by atoms with Gasteiger partial charge in [-0.05, 0) is 50.2 Å². The van der Waals surface area contributed by atoms with Gasteiger partial charge in [-0.1, -0.05) is 6.07 Å². The molecule has 2 aromatic carbocycles. The molecule has 1 heterocycles. The number of hydrogen-bond donors (Lipinski definition) is 1. The van der Waals surface area contributed by atoms with Crippen molar-refractivity contribution in [1.29, 1.82) is 0 Å². The molecular weight excluding hydrogens is 422 g/mol. The van der Waals surface area contributed by atoms with Crippen molar-refractivity contribution in [2.45, 2.75) is 19.9 Å². The number of sulfonamides is 1. The van der Waals surface area contributed by atoms with Crippen molar-refractivity contribution in [3.05, 3.63) is 48.0 Å². The van der Waals surface area contributed by atoms with Crippen molar-refractivity contribution < 1.29 is 27.4 Å². The summed E-state index contributed by atoms with van der Waals surface area (Å²) in [7, 11) is -3.73. The molecule has 0 saturated carbocycles. The van der Waals surface area contributed by atoms with Crippen LogP contribution in [0.5, 0.6) is 17.2 Å². The number of nitrogens with zero attached hydrogens (tertiary/aromatic N) is 2. The molecule has 1 N–H and O–H groups in total. The molecule has 0 spiro atoms. The van der Waals surface area contributed by atoms with Gasteiger partial charge < -0.3 is 14.2 Å². The van der Waals surface area contributed by atoms with E-state index in [0.29, 0.717) is 48.3 Å². The van der Waals surface area contributed by atoms with Crippen LogP contribution in [0.4, 0.5) is 5.69 Å². The fourth-order valence-corrected chi connectivity index (χ4v) is 4.30. The maximum Gasteiger partial charge on any atom is 0.263 e. The van der Waals surface area contributed by atoms with Gasteiger partial charge in [0.05, 0.1) is 24.8 Å². The topological polar surface area (TPSA) is 107 Å². The minimum atomic E-state index is -3.73. The first-order chi connectivity index (χ1) is 14.8. The second kappa shape index (κ2) is 9.69. The summed E-state index contributed by atoms with van der Waals surface area (Å²) in [6, 6.07) is 10.8. The molecule has 0 aromatic heterocycles. The largest absolute Gasteiger partial charge is 0.494 e. The van der Waals surface area contributed by atoms with Gasteiger partial charge in [-0.25, -0.2) is 13.8 Å². The average molecular weight is 448 g/mol. The maximum atomic E-state index is 12.6. The lowest BCUT2D eigenvalue weighted by Crippen LogP contribution is -2.46. The van der Waals surface area contributed by atoms with Crippen LogP contribution in [-0.4, -0.2) is 52.7 Å². The van der Waals surface area contributed by atoms with E-state index < -0.39 is 22.0 Å². The van der Waals surface area contributed by atoms with Crippen LogP contribution in [0, 0.1) is 0 Å². The zero-order chi connectivity index (χ0) is 22.4. The Balaban J connectivity index is 1.74. The molecule has 10 heteroatoms. The van der Waals surface area contributed by atoms with E-state index in [2.05, 4.69) is 10.5 Å². The van der Waals surface area contributed by atoms with E-state index in [0.717, 1.165) is 10.6 Å². The van der Waals surface area contributed by atoms with Crippen LogP contribution in [-0.2, 0) is 14.8 Å². The molecule has 2 aromatic rings. The molecule has 0 fully saturated rings. The summed E-state index contributed by atoms with van der Waals surface area (Å²) in [4.78, 5) is 12.6. The van der Waals surface area contributed by atoms with E-state index in [9.17, 15) is 13.2 Å². The number of nitrogens with one attached hydrogen (secondary N) is 1. The number of ether oxygens (including phenoxy) is 3. The molecule has 0 aliphatic carbocycles. The standard InChI is InChI=1S/C21H25N3O6S/c1-4-28-18-10-8-17(9-11-18)24(31(3,26)27)15(2)21(25)23-22-14-16-6-5-7-19-20(16)30-13-12-29-19/h5-11,14-15H,4,12-13H2,1-3H3,(H,23,25)/b22-14-/t15-/m1/s1. The Kier molecular flexibility index (Phi) is 7.01. The van der Waals surface area contributed by atoms with Gasteiger partial charge in [0, 0.05) is 5.56 Å². The monoisotopic (exact) mass is 447 g/mol. The van der Waals surface area contributed by atoms with E-state index in [1.165, 1.54) is 13.1 Å². The van der Waals surface area contributed by atoms with Crippen molar-refractivity contribution >= 4 is 27.8 Å². The lowest BCUT2D eigenvalue weighted by molar-refractivity contribution is -0.121. The molecule has 0 bridgehead atoms. The summed E-state index contributed by atoms with van der Waals surface area (Å²) < 4.78 is 42.3. The summed E-state index contributed by atoms with van der Waals surface area (Å²) in [5.41, 5.74) is 3.38. The molecule has 9 nitrogen and oxygen atoms in total. The quantitative estimate of drug-likeness (QED) is 0.491. The smallest absolute Gasteiger partial charge is 0.263 e. The summed E-state index contributed by atoms with van der Waals surface area (Å²) in [6.45, 7) is 4.73. The predicted molar refractivity (Wildman–Crippen MR) is 118 cm³/mol. The minimum absolute atomic E-state index is 0.347. The molecule has 0 unspecified atom stereocenters. The predicted octanol–water partition coefficient (Wildman–Crippen LogP) is 2.16. The third-order valence-electron chi connectivity index (χ3n) is 4.47. The highest BCUT2D eigenvalue weighted by atomic mass is 32.2. The highest BCUT2D eigenvalue weighted by molar-refractivity contribution is 7.92. The Labute approximate surface area is 181 Å². The number of anilines is 1. The van der Waals surface area contributed by atoms with Gasteiger partial charge in [0.2, 0.25) is 10.0 Å². The minimum Gasteiger partial charge on any atom is -0.494 e. The van der Waals surface area contributed by atoms with Crippen molar-refractivity contribution in [2.75, 3.05) is 30.4 Å². The maximum absolute atomic E-state index is 12.6. The van der Waals surface area contributed by atoms with Crippen LogP contribution in [0.2, 0.25) is 0 Å². The number of rotatable bonds is 8. The van der Waals surface area contributed by atoms with Crippen molar-refractivity contribution in [1.82, 2.24) is 5.43 Å². The van der Waals surface area contributed by atoms with Crippen molar-refractivity contribution in [3.63, 3.8) is 0 Å². The zero-order valence-corrected chi connectivity index (χ0v) is 18.4. The number of hydrogen-bond acceptors (Lipinski definition) is 7. The van der Waals surface area contributed by atoms with Crippen molar-refractivity contribution in [3.8, 4) is 17.2 Å². The summed E-state index contributed by atoms with van der Waals surface area (Å²) in [6.07, 6.45) is 2.48. The van der Waals surface area contributed by atoms with Crippen LogP contribution >= 0.6 is 0 Å². The first-order valence-corrected chi connectivity index (χ1v) is 11.6. The Morgan fingerprint density at radius 2 is 1.94 bits per heavy atom. The van der Waals surface area contributed by atoms with Gasteiger partial charge in [-0.3, -0.25) is 9.10 Å². The Bertz CT molecular complexity index is 1050. The molecular formula is C21H25N3O6S. The molecule has 1 atom stereocenters. The Morgan fingerprint density at radius 3 is 2.61 bits per heavy atom. The first-order valence-electron chi connectivity index (χ1n) is 9.75. The number of carbonyl (C=O) groups is 1. The number of amides is 1. The van der Waals surface area contributed by atoms with E-state index in [1.54, 1.807) is 42.5 Å². The number of carbonyl (C=O) groups excluding carboxylic acids is 1. The van der Waals surface area contributed by atoms with Gasteiger partial charge in [-0.15, -0.1) is 0 Å². The van der Waals surface area contributed by atoms with E-state index in [-0.39, 0.29) is 0 Å². The highest BCUT2D eigenvalue weighted by Crippen LogP contribution is 2.32. The molecule has 3 rings (SSSR count). The third kappa shape index (κ3) is 5.46. The van der Waals surface area contributed by atoms with Crippen LogP contribution in [0.25, 0.3) is 0 Å². The molecule has 0 radical (unpaired) electrons. The van der Waals surface area contributed by atoms with E-state index >= 15 is 0 Å². The second-order valence-electron chi connectivity index (χ2n) is 6.77. The van der Waals surface area contributed by atoms with Gasteiger partial charge in [0.25, 0.3) is 5.91 Å². The van der Waals surface area contributed by atoms with E-state index in [1.807, 2.05) is 6.92 Å². The number of para-hydroxylation sites is 1. The second-order valence-corrected chi connectivity index (χ2v) is 8.63. The number of fused-ring (bicyclic) bond motifs is 1. The fraction of sp³-hybridized carbons (Fsp3) is 0.333. The normalized spacial score (nSPS) is 14.2. The molecule has 31 heavy (non-hydrogen) atoms. The summed E-state index contributed by atoms with van der Waals surface area (Å²) in [5.74, 6) is 1.18. The third-order valence-corrected chi connectivity index (χ3v) is 5.71. The van der Waals surface area contributed by atoms with Gasteiger partial charge in [0.15, 0.2) is 11.5 Å². The lowest BCUT2D eigenvalue weighted by atomic mass is 10.2. The number of hydrazone groups is 1. The average Bonchev–Trinajstić information content (AvgIpc) is 2.74. The molecule has 1 amide bonds. The zero-order valence-electron chi connectivity index (χ0n) is 17.6. The summed E-state index contributed by atoms with van der Waals surface area (Å²) >= 11 is 0. The summed E-state index contributed by atoms with van der Waals surface area (Å²) in [5, 5.41) is 3.97. The first kappa shape index (κ1) is 22.4. The Hall–Kier alpha value is -3.27. The molecule has 1 aliphatic rings. The van der Waals surface area contributed by atoms with Gasteiger partial charge in [-0.2, -0.15) is 5.10 Å². The SMILES string of the molecule is CCOc1ccc(N([C@H](C)C(=O)N/N=C\c2cccc3c2OCCO3)S(C)(=O)=O)cc1. The molecule has 0 saturated heterocycles. The molecule has 166 valence electrons. The van der Waals surface area contributed by atoms with Crippen LogP contribution in [0.15, 0.2) is 47.6 Å².